The Bertz CT molecular complexity index is 1680. The molecule has 1 unspecified atom stereocenters. The summed E-state index contributed by atoms with van der Waals surface area (Å²) in [6.45, 7) is 0.717. The maximum Gasteiger partial charge on any atom is 0.282 e. The summed E-state index contributed by atoms with van der Waals surface area (Å²) in [4.78, 5) is 40.3. The molecular weight excluding hydrogens is 603 g/mol. The van der Waals surface area contributed by atoms with Crippen LogP contribution in [0.15, 0.2) is 18.2 Å². The molecule has 2 aliphatic rings. The van der Waals surface area contributed by atoms with E-state index in [4.69, 9.17) is 16.3 Å². The smallest absolute Gasteiger partial charge is 0.282 e. The van der Waals surface area contributed by atoms with Gasteiger partial charge in [0.2, 0.25) is 4.96 Å². The summed E-state index contributed by atoms with van der Waals surface area (Å²) in [5, 5.41) is 5.22. The zero-order chi connectivity index (χ0) is 29.2. The van der Waals surface area contributed by atoms with E-state index in [1.165, 1.54) is 44.2 Å². The van der Waals surface area contributed by atoms with E-state index in [1.54, 1.807) is 18.6 Å². The number of fused-ring (bicyclic) bond motifs is 3. The summed E-state index contributed by atoms with van der Waals surface area (Å²) < 4.78 is 49.3. The van der Waals surface area contributed by atoms with Crippen molar-refractivity contribution in [3.63, 3.8) is 0 Å². The van der Waals surface area contributed by atoms with Gasteiger partial charge in [-0.3, -0.25) is 9.59 Å². The third-order valence-corrected chi connectivity index (χ3v) is 9.04. The molecule has 4 aromatic rings. The Morgan fingerprint density at radius 2 is 1.98 bits per heavy atom. The summed E-state index contributed by atoms with van der Waals surface area (Å²) in [7, 11) is 3.16. The molecule has 0 saturated carbocycles. The Balaban J connectivity index is 1.29. The number of imidazole rings is 1. The van der Waals surface area contributed by atoms with E-state index in [-0.39, 0.29) is 38.9 Å². The first-order chi connectivity index (χ1) is 19.4. The molecule has 0 aromatic carbocycles. The molecule has 0 bridgehead atoms. The first kappa shape index (κ1) is 27.7. The molecule has 6 heterocycles. The molecule has 0 N–H and O–H groups in total. The number of amides is 2. The number of hydrogen-bond donors (Lipinski definition) is 0. The van der Waals surface area contributed by atoms with Crippen molar-refractivity contribution in [3.8, 4) is 5.75 Å². The summed E-state index contributed by atoms with van der Waals surface area (Å²) in [6.07, 6.45) is 0.417. The van der Waals surface area contributed by atoms with Crippen LogP contribution in [0.3, 0.4) is 0 Å². The minimum Gasteiger partial charge on any atom is -0.481 e. The average Bonchev–Trinajstić information content (AvgIpc) is 3.56. The lowest BCUT2D eigenvalue weighted by Gasteiger charge is -2.39. The maximum absolute atomic E-state index is 15.5. The second-order valence-corrected chi connectivity index (χ2v) is 12.6. The van der Waals surface area contributed by atoms with Gasteiger partial charge in [-0.1, -0.05) is 22.9 Å². The van der Waals surface area contributed by atoms with Crippen molar-refractivity contribution in [2.24, 2.45) is 0 Å². The fourth-order valence-electron chi connectivity index (χ4n) is 4.88. The molecule has 0 spiro atoms. The van der Waals surface area contributed by atoms with Crippen LogP contribution in [-0.2, 0) is 11.2 Å². The van der Waals surface area contributed by atoms with Crippen LogP contribution < -0.4 is 9.64 Å². The van der Waals surface area contributed by atoms with Crippen molar-refractivity contribution >= 4 is 56.9 Å². The number of hydrogen-bond acceptors (Lipinski definition) is 9. The molecule has 0 radical (unpaired) electrons. The van der Waals surface area contributed by atoms with E-state index >= 15 is 4.39 Å². The Kier molecular flexibility index (Phi) is 6.85. The maximum atomic E-state index is 15.5. The zero-order valence-electron chi connectivity index (χ0n) is 22.0. The van der Waals surface area contributed by atoms with Crippen LogP contribution >= 0.6 is 34.3 Å². The van der Waals surface area contributed by atoms with Gasteiger partial charge in [0.05, 0.1) is 34.2 Å². The molecule has 2 amide bonds. The number of carbonyl (C=O) groups excluding carboxylic acids is 2. The lowest BCUT2D eigenvalue weighted by molar-refractivity contribution is -0.135. The van der Waals surface area contributed by atoms with Gasteiger partial charge < -0.3 is 19.4 Å². The molecular formula is C25H23ClF3N7O3S2. The van der Waals surface area contributed by atoms with Crippen molar-refractivity contribution in [2.75, 3.05) is 45.2 Å². The number of rotatable bonds is 6. The van der Waals surface area contributed by atoms with E-state index in [0.717, 1.165) is 16.3 Å². The van der Waals surface area contributed by atoms with Crippen molar-refractivity contribution in [3.05, 3.63) is 55.3 Å². The second-order valence-electron chi connectivity index (χ2n) is 9.98. The van der Waals surface area contributed by atoms with Gasteiger partial charge in [0.25, 0.3) is 17.7 Å². The van der Waals surface area contributed by atoms with Gasteiger partial charge in [-0.05, 0) is 25.1 Å². The predicted octanol–water partition coefficient (Wildman–Crippen LogP) is 4.06. The summed E-state index contributed by atoms with van der Waals surface area (Å²) in [5.74, 6) is -3.80. The Labute approximate surface area is 244 Å². The van der Waals surface area contributed by atoms with Crippen molar-refractivity contribution in [1.29, 1.82) is 0 Å². The fraction of sp³-hybridized carbons (Fsp3) is 0.400. The number of thiophene rings is 1. The van der Waals surface area contributed by atoms with Gasteiger partial charge in [0.1, 0.15) is 22.7 Å². The third-order valence-electron chi connectivity index (χ3n) is 6.79. The molecule has 2 aliphatic heterocycles. The topological polar surface area (TPSA) is 96.2 Å². The van der Waals surface area contributed by atoms with Gasteiger partial charge >= 0.3 is 0 Å². The monoisotopic (exact) mass is 625 g/mol. The average molecular weight is 626 g/mol. The van der Waals surface area contributed by atoms with Gasteiger partial charge in [0, 0.05) is 27.1 Å². The number of halogens is 4. The highest BCUT2D eigenvalue weighted by Gasteiger charge is 2.44. The highest BCUT2D eigenvalue weighted by Crippen LogP contribution is 2.41. The van der Waals surface area contributed by atoms with Gasteiger partial charge in [-0.25, -0.2) is 27.7 Å². The van der Waals surface area contributed by atoms with Crippen molar-refractivity contribution < 1.29 is 27.5 Å². The van der Waals surface area contributed by atoms with Crippen molar-refractivity contribution in [1.82, 2.24) is 29.4 Å². The number of anilines is 1. The number of pyridine rings is 1. The first-order valence-electron chi connectivity index (χ1n) is 12.5. The van der Waals surface area contributed by atoms with E-state index in [2.05, 4.69) is 15.1 Å². The predicted molar refractivity (Wildman–Crippen MR) is 147 cm³/mol. The lowest BCUT2D eigenvalue weighted by Crippen LogP contribution is -2.56. The summed E-state index contributed by atoms with van der Waals surface area (Å²) in [6, 6.07) is 3.25. The molecule has 0 aliphatic carbocycles. The van der Waals surface area contributed by atoms with E-state index in [0.29, 0.717) is 22.8 Å². The van der Waals surface area contributed by atoms with Crippen LogP contribution in [0.2, 0.25) is 5.15 Å². The molecule has 10 nitrogen and oxygen atoms in total. The minimum atomic E-state index is -2.76. The number of carbonyl (C=O) groups is 2. The zero-order valence-corrected chi connectivity index (χ0v) is 24.4. The number of alkyl halides is 2. The molecule has 4 aromatic heterocycles. The number of ether oxygens (including phenoxy) is 1. The van der Waals surface area contributed by atoms with Crippen molar-refractivity contribution in [2.45, 2.75) is 25.3 Å². The van der Waals surface area contributed by atoms with Gasteiger partial charge in [0.15, 0.2) is 17.5 Å². The minimum absolute atomic E-state index is 0.0745. The molecule has 16 heteroatoms. The van der Waals surface area contributed by atoms with Crippen LogP contribution in [-0.4, -0.2) is 87.5 Å². The standard InChI is InChI=1S/C25H23ClF3N7O3S2/c1-12-32-36-19-14(30-24(36)40-12)6-7-35(20(19)21-13(27)8-16(41-21)23(38)33(2)3)18(37)9-39-15-4-5-17(31-22(15)26)34-10-25(28,29)11-34/h4-5,8,20H,6-7,9-11H2,1-3H3. The number of aromatic nitrogens is 4. The van der Waals surface area contributed by atoms with Crippen LogP contribution in [0.4, 0.5) is 19.0 Å². The SMILES string of the molecule is Cc1nn2c3c(nc2s1)CCN(C(=O)COc1ccc(N2CC(F)(F)C2)nc1Cl)C3c1sc(C(=O)N(C)C)cc1F. The quantitative estimate of drug-likeness (QED) is 0.298. The van der Waals surface area contributed by atoms with E-state index in [1.807, 2.05) is 6.92 Å². The number of aryl methyl sites for hydroxylation is 1. The fourth-order valence-corrected chi connectivity index (χ4v) is 7.03. The second kappa shape index (κ2) is 10.1. The number of nitrogens with zero attached hydrogens (tertiary/aromatic N) is 7. The summed E-state index contributed by atoms with van der Waals surface area (Å²) in [5.41, 5.74) is 1.26. The molecule has 41 heavy (non-hydrogen) atoms. The van der Waals surface area contributed by atoms with E-state index in [9.17, 15) is 18.4 Å². The lowest BCUT2D eigenvalue weighted by atomic mass is 10.0. The third kappa shape index (κ3) is 4.99. The van der Waals surface area contributed by atoms with E-state index < -0.39 is 43.4 Å². The Morgan fingerprint density at radius 3 is 2.66 bits per heavy atom. The van der Waals surface area contributed by atoms with Crippen LogP contribution in [0.5, 0.6) is 5.75 Å². The first-order valence-corrected chi connectivity index (χ1v) is 14.5. The molecule has 1 atom stereocenters. The van der Waals surface area contributed by atoms with Gasteiger partial charge in [-0.2, -0.15) is 5.10 Å². The van der Waals surface area contributed by atoms with Gasteiger partial charge in [-0.15, -0.1) is 11.3 Å². The molecule has 6 rings (SSSR count). The largest absolute Gasteiger partial charge is 0.481 e. The van der Waals surface area contributed by atoms with Crippen LogP contribution in [0.25, 0.3) is 4.96 Å². The molecule has 1 saturated heterocycles. The Morgan fingerprint density at radius 1 is 1.22 bits per heavy atom. The highest BCUT2D eigenvalue weighted by molar-refractivity contribution is 7.16. The summed E-state index contributed by atoms with van der Waals surface area (Å²) >= 11 is 8.60. The van der Waals surface area contributed by atoms with Crippen LogP contribution in [0, 0.1) is 12.7 Å². The Hall–Kier alpha value is -3.43. The molecule has 1 fully saturated rings. The molecule has 216 valence electrons. The van der Waals surface area contributed by atoms with Crippen LogP contribution in [0.1, 0.15) is 37.0 Å². The highest BCUT2D eigenvalue weighted by atomic mass is 35.5. The normalized spacial score (nSPS) is 17.9.